The third-order valence-corrected chi connectivity index (χ3v) is 5.20. The van der Waals surface area contributed by atoms with E-state index < -0.39 is 11.2 Å². The molecule has 2 aliphatic rings. The molecule has 0 saturated carbocycles. The van der Waals surface area contributed by atoms with Gasteiger partial charge in [-0.2, -0.15) is 0 Å². The van der Waals surface area contributed by atoms with Gasteiger partial charge in [0.25, 0.3) is 0 Å². The van der Waals surface area contributed by atoms with E-state index in [0.29, 0.717) is 38.4 Å². The van der Waals surface area contributed by atoms with Gasteiger partial charge in [-0.3, -0.25) is 4.79 Å². The van der Waals surface area contributed by atoms with Crippen molar-refractivity contribution < 1.29 is 14.3 Å². The first kappa shape index (κ1) is 16.0. The van der Waals surface area contributed by atoms with E-state index in [-0.39, 0.29) is 12.5 Å². The molecule has 0 unspecified atom stereocenters. The number of carbonyl (C=O) groups is 1. The molecule has 1 spiro atoms. The lowest BCUT2D eigenvalue weighted by molar-refractivity contribution is -0.124. The number of halogens is 1. The van der Waals surface area contributed by atoms with Crippen LogP contribution in [0.3, 0.4) is 0 Å². The molecule has 0 atom stereocenters. The number of benzene rings is 1. The molecule has 1 aromatic heterocycles. The Morgan fingerprint density at radius 1 is 1.16 bits per heavy atom. The molecular weight excluding hydrogens is 323 g/mol. The number of aromatic nitrogens is 2. The first-order valence-corrected chi connectivity index (χ1v) is 8.40. The molecule has 6 nitrogen and oxygen atoms in total. The van der Waals surface area contributed by atoms with Gasteiger partial charge in [-0.1, -0.05) is 18.2 Å². The number of nitrogens with zero attached hydrogens (tertiary/aromatic N) is 4. The number of fused-ring (bicyclic) bond motifs is 2. The van der Waals surface area contributed by atoms with Crippen LogP contribution in [-0.2, 0) is 10.2 Å². The van der Waals surface area contributed by atoms with E-state index in [4.69, 9.17) is 0 Å². The van der Waals surface area contributed by atoms with Crippen LogP contribution in [0.2, 0.25) is 0 Å². The fourth-order valence-corrected chi connectivity index (χ4v) is 3.96. The number of anilines is 2. The smallest absolute Gasteiger partial charge is 0.237 e. The standard InChI is InChI=1S/C18H19FN4O2/c19-13-11-20-17(21-12-13)22-7-5-18(6-8-22)14-3-1-2-4-15(14)23(9-10-24)16(18)25/h1-4,11-12,24H,5-10H2. The van der Waals surface area contributed by atoms with Crippen molar-refractivity contribution in [2.45, 2.75) is 18.3 Å². The maximum atomic E-state index is 13.1. The number of piperidine rings is 1. The number of carbonyl (C=O) groups excluding carboxylic acids is 1. The molecule has 1 amide bonds. The first-order valence-electron chi connectivity index (χ1n) is 8.40. The molecule has 0 bridgehead atoms. The van der Waals surface area contributed by atoms with Crippen molar-refractivity contribution in [1.82, 2.24) is 9.97 Å². The minimum atomic E-state index is -0.553. The average molecular weight is 342 g/mol. The summed E-state index contributed by atoms with van der Waals surface area (Å²) in [6, 6.07) is 7.81. The van der Waals surface area contributed by atoms with Crippen molar-refractivity contribution >= 4 is 17.5 Å². The van der Waals surface area contributed by atoms with Gasteiger partial charge in [0.2, 0.25) is 11.9 Å². The normalized spacial score (nSPS) is 18.7. The van der Waals surface area contributed by atoms with Crippen molar-refractivity contribution in [3.8, 4) is 0 Å². The number of rotatable bonds is 3. The van der Waals surface area contributed by atoms with Crippen molar-refractivity contribution in [1.29, 1.82) is 0 Å². The number of hydrogen-bond donors (Lipinski definition) is 1. The summed E-state index contributed by atoms with van der Waals surface area (Å²) < 4.78 is 13.0. The molecule has 1 aromatic carbocycles. The van der Waals surface area contributed by atoms with Gasteiger partial charge < -0.3 is 14.9 Å². The van der Waals surface area contributed by atoms with Gasteiger partial charge >= 0.3 is 0 Å². The third-order valence-electron chi connectivity index (χ3n) is 5.20. The summed E-state index contributed by atoms with van der Waals surface area (Å²) in [5.41, 5.74) is 1.38. The molecule has 1 fully saturated rings. The molecular formula is C18H19FN4O2. The van der Waals surface area contributed by atoms with Crippen molar-refractivity contribution in [3.63, 3.8) is 0 Å². The van der Waals surface area contributed by atoms with E-state index in [1.807, 2.05) is 29.2 Å². The van der Waals surface area contributed by atoms with Crippen LogP contribution in [0.5, 0.6) is 0 Å². The van der Waals surface area contributed by atoms with Crippen LogP contribution in [0, 0.1) is 5.82 Å². The van der Waals surface area contributed by atoms with Gasteiger partial charge in [-0.05, 0) is 24.5 Å². The van der Waals surface area contributed by atoms with Gasteiger partial charge in [0.15, 0.2) is 5.82 Å². The molecule has 0 radical (unpaired) electrons. The Kier molecular flexibility index (Phi) is 3.88. The molecule has 3 heterocycles. The largest absolute Gasteiger partial charge is 0.395 e. The fraction of sp³-hybridized carbons (Fsp3) is 0.389. The summed E-state index contributed by atoms with van der Waals surface area (Å²) in [4.78, 5) is 24.9. The van der Waals surface area contributed by atoms with Gasteiger partial charge in [-0.15, -0.1) is 0 Å². The highest BCUT2D eigenvalue weighted by molar-refractivity contribution is 6.08. The number of β-amino-alcohol motifs (C(OH)–C–C–N with tert-alkyl or cyclic N) is 1. The topological polar surface area (TPSA) is 69.6 Å². The van der Waals surface area contributed by atoms with E-state index in [1.54, 1.807) is 4.90 Å². The van der Waals surface area contributed by atoms with Crippen LogP contribution in [0.1, 0.15) is 18.4 Å². The second-order valence-corrected chi connectivity index (χ2v) is 6.47. The second kappa shape index (κ2) is 6.07. The van der Waals surface area contributed by atoms with Crippen molar-refractivity contribution in [3.05, 3.63) is 48.0 Å². The van der Waals surface area contributed by atoms with Crippen molar-refractivity contribution in [2.24, 2.45) is 0 Å². The lowest BCUT2D eigenvalue weighted by Crippen LogP contribution is -2.49. The van der Waals surface area contributed by atoms with Crippen LogP contribution in [-0.4, -0.2) is 47.2 Å². The molecule has 25 heavy (non-hydrogen) atoms. The van der Waals surface area contributed by atoms with E-state index in [2.05, 4.69) is 9.97 Å². The average Bonchev–Trinajstić information content (AvgIpc) is 2.87. The highest BCUT2D eigenvalue weighted by Crippen LogP contribution is 2.47. The van der Waals surface area contributed by atoms with Crippen LogP contribution in [0.4, 0.5) is 16.0 Å². The Labute approximate surface area is 144 Å². The minimum absolute atomic E-state index is 0.0578. The Morgan fingerprint density at radius 2 is 1.84 bits per heavy atom. The number of para-hydroxylation sites is 1. The maximum Gasteiger partial charge on any atom is 0.237 e. The lowest BCUT2D eigenvalue weighted by atomic mass is 9.73. The van der Waals surface area contributed by atoms with Crippen LogP contribution < -0.4 is 9.80 Å². The van der Waals surface area contributed by atoms with E-state index >= 15 is 0 Å². The molecule has 130 valence electrons. The number of aliphatic hydroxyl groups excluding tert-OH is 1. The van der Waals surface area contributed by atoms with Gasteiger partial charge in [0, 0.05) is 25.3 Å². The van der Waals surface area contributed by atoms with E-state index in [1.165, 1.54) is 0 Å². The van der Waals surface area contributed by atoms with Gasteiger partial charge in [-0.25, -0.2) is 14.4 Å². The Balaban J connectivity index is 1.61. The minimum Gasteiger partial charge on any atom is -0.395 e. The van der Waals surface area contributed by atoms with E-state index in [0.717, 1.165) is 23.6 Å². The summed E-state index contributed by atoms with van der Waals surface area (Å²) in [5, 5.41) is 9.32. The molecule has 2 aromatic rings. The van der Waals surface area contributed by atoms with Crippen molar-refractivity contribution in [2.75, 3.05) is 36.0 Å². The summed E-state index contributed by atoms with van der Waals surface area (Å²) in [7, 11) is 0. The summed E-state index contributed by atoms with van der Waals surface area (Å²) in [5.74, 6) is 0.0846. The molecule has 1 saturated heterocycles. The lowest BCUT2D eigenvalue weighted by Gasteiger charge is -2.38. The molecule has 4 rings (SSSR count). The van der Waals surface area contributed by atoms with Crippen LogP contribution in [0.25, 0.3) is 0 Å². The molecule has 7 heteroatoms. The SMILES string of the molecule is O=C1N(CCO)c2ccccc2C12CCN(c1ncc(F)cn1)CC2. The van der Waals surface area contributed by atoms with Gasteiger partial charge in [0.05, 0.1) is 24.4 Å². The highest BCUT2D eigenvalue weighted by atomic mass is 19.1. The first-order chi connectivity index (χ1) is 12.2. The zero-order valence-corrected chi connectivity index (χ0v) is 13.7. The number of aliphatic hydroxyl groups is 1. The monoisotopic (exact) mass is 342 g/mol. The zero-order valence-electron chi connectivity index (χ0n) is 13.7. The number of amides is 1. The summed E-state index contributed by atoms with van der Waals surface area (Å²) in [6.45, 7) is 1.49. The summed E-state index contributed by atoms with van der Waals surface area (Å²) >= 11 is 0. The Hall–Kier alpha value is -2.54. The molecule has 1 N–H and O–H groups in total. The van der Waals surface area contributed by atoms with Gasteiger partial charge in [0.1, 0.15) is 0 Å². The Bertz CT molecular complexity index is 788. The third kappa shape index (κ3) is 2.46. The molecule has 2 aliphatic heterocycles. The second-order valence-electron chi connectivity index (χ2n) is 6.47. The van der Waals surface area contributed by atoms with Crippen LogP contribution >= 0.6 is 0 Å². The summed E-state index contributed by atoms with van der Waals surface area (Å²) in [6.07, 6.45) is 3.61. The fourth-order valence-electron chi connectivity index (χ4n) is 3.96. The van der Waals surface area contributed by atoms with E-state index in [9.17, 15) is 14.3 Å². The van der Waals surface area contributed by atoms with Crippen LogP contribution in [0.15, 0.2) is 36.7 Å². The Morgan fingerprint density at radius 3 is 2.52 bits per heavy atom. The molecule has 0 aliphatic carbocycles. The highest BCUT2D eigenvalue weighted by Gasteiger charge is 2.51. The number of hydrogen-bond acceptors (Lipinski definition) is 5. The zero-order chi connectivity index (χ0) is 17.4. The maximum absolute atomic E-state index is 13.1. The predicted molar refractivity (Wildman–Crippen MR) is 91.0 cm³/mol. The quantitative estimate of drug-likeness (QED) is 0.915. The predicted octanol–water partition coefficient (Wildman–Crippen LogP) is 1.49.